The van der Waals surface area contributed by atoms with Gasteiger partial charge >= 0.3 is 20.4 Å². The average molecular weight is 510 g/mol. The molecule has 0 N–H and O–H groups in total. The third kappa shape index (κ3) is 4.52. The number of sulfonamides is 1. The summed E-state index contributed by atoms with van der Waals surface area (Å²) in [4.78, 5) is 0.164. The molecule has 1 aliphatic rings. The molecule has 156 valence electrons. The molecule has 4 nitrogen and oxygen atoms in total. The molecule has 0 aromatic heterocycles. The Morgan fingerprint density at radius 1 is 1.00 bits per heavy atom. The van der Waals surface area contributed by atoms with Crippen LogP contribution in [-0.4, -0.2) is 14.0 Å². The molecular weight excluding hydrogens is 489 g/mol. The number of fused-ring (bicyclic) bond motifs is 1. The molecular formula is C24H21NO3PdS. The molecule has 1 heterocycles. The van der Waals surface area contributed by atoms with Crippen molar-refractivity contribution in [2.24, 2.45) is 0 Å². The van der Waals surface area contributed by atoms with Gasteiger partial charge in [0.2, 0.25) is 0 Å². The van der Waals surface area contributed by atoms with Gasteiger partial charge in [0.05, 0.1) is 4.90 Å². The van der Waals surface area contributed by atoms with E-state index in [9.17, 15) is 8.42 Å². The predicted molar refractivity (Wildman–Crippen MR) is 116 cm³/mol. The van der Waals surface area contributed by atoms with Crippen molar-refractivity contribution in [3.8, 4) is 16.9 Å². The summed E-state index contributed by atoms with van der Waals surface area (Å²) in [5.74, 6) is 0.691. The quantitative estimate of drug-likeness (QED) is 0.318. The van der Waals surface area contributed by atoms with Gasteiger partial charge in [0.25, 0.3) is 0 Å². The minimum absolute atomic E-state index is 0. The van der Waals surface area contributed by atoms with Gasteiger partial charge in [-0.3, -0.25) is 0 Å². The van der Waals surface area contributed by atoms with Gasteiger partial charge in [0.15, 0.2) is 0 Å². The molecule has 3 aromatic rings. The van der Waals surface area contributed by atoms with Gasteiger partial charge in [-0.05, 0) is 50.6 Å². The summed E-state index contributed by atoms with van der Waals surface area (Å²) in [6.45, 7) is 5.86. The Hall–Kier alpha value is -2.39. The van der Waals surface area contributed by atoms with Crippen molar-refractivity contribution in [2.75, 3.05) is 0 Å². The molecule has 0 unspecified atom stereocenters. The SMILES string of the molecule is Cc1ccc(S(=O)(=O)[N-]c2ccc3c(c2-c2[c-]cccc2)C=CC(C)(C)O3)cc1.[Pd+2]. The maximum absolute atomic E-state index is 12.9. The van der Waals surface area contributed by atoms with Gasteiger partial charge in [-0.2, -0.15) is 5.69 Å². The standard InChI is InChI=1S/C24H21NO3S.Pd/c1-17-9-11-19(12-10-17)29(26,27)25-21-13-14-22-20(15-16-24(2,3)28-22)23(21)18-7-5-4-6-8-18;/h4-7,9-16H,1-3H3;/q-2;+2. The van der Waals surface area contributed by atoms with Crippen LogP contribution in [0.1, 0.15) is 25.0 Å². The summed E-state index contributed by atoms with van der Waals surface area (Å²) >= 11 is 0. The van der Waals surface area contributed by atoms with Crippen molar-refractivity contribution in [1.29, 1.82) is 0 Å². The molecule has 0 fully saturated rings. The normalized spacial score (nSPS) is 14.2. The fourth-order valence-electron chi connectivity index (χ4n) is 3.25. The number of hydrogen-bond donors (Lipinski definition) is 0. The van der Waals surface area contributed by atoms with Crippen molar-refractivity contribution >= 4 is 21.8 Å². The molecule has 30 heavy (non-hydrogen) atoms. The molecule has 4 rings (SSSR count). The number of hydrogen-bond acceptors (Lipinski definition) is 3. The van der Waals surface area contributed by atoms with Crippen LogP contribution in [-0.2, 0) is 30.4 Å². The van der Waals surface area contributed by atoms with Crippen molar-refractivity contribution in [2.45, 2.75) is 31.3 Å². The van der Waals surface area contributed by atoms with Crippen LogP contribution in [0.2, 0.25) is 0 Å². The summed E-state index contributed by atoms with van der Waals surface area (Å²) in [6, 6.07) is 20.8. The predicted octanol–water partition coefficient (Wildman–Crippen LogP) is 6.04. The van der Waals surface area contributed by atoms with Crippen LogP contribution < -0.4 is 4.74 Å². The van der Waals surface area contributed by atoms with Crippen LogP contribution in [0.4, 0.5) is 5.69 Å². The second kappa shape index (κ2) is 8.39. The van der Waals surface area contributed by atoms with E-state index in [-0.39, 0.29) is 25.3 Å². The van der Waals surface area contributed by atoms with E-state index in [1.165, 1.54) is 0 Å². The molecule has 6 heteroatoms. The summed E-state index contributed by atoms with van der Waals surface area (Å²) in [5, 5.41) is 0. The molecule has 0 saturated heterocycles. The van der Waals surface area contributed by atoms with Crippen LogP contribution in [0.15, 0.2) is 71.6 Å². The van der Waals surface area contributed by atoms with Crippen LogP contribution >= 0.6 is 0 Å². The first-order chi connectivity index (χ1) is 13.8. The van der Waals surface area contributed by atoms with E-state index in [0.717, 1.165) is 16.7 Å². The first-order valence-corrected chi connectivity index (χ1v) is 10.8. The first kappa shape index (κ1) is 22.3. The van der Waals surface area contributed by atoms with Crippen LogP contribution in [0.5, 0.6) is 5.75 Å². The number of benzene rings is 3. The third-order valence-electron chi connectivity index (χ3n) is 4.72. The van der Waals surface area contributed by atoms with E-state index >= 15 is 0 Å². The van der Waals surface area contributed by atoms with Crippen LogP contribution in [0.3, 0.4) is 0 Å². The maximum atomic E-state index is 12.9. The zero-order valence-electron chi connectivity index (χ0n) is 16.8. The maximum Gasteiger partial charge on any atom is 2.00 e. The Labute approximate surface area is 191 Å². The van der Waals surface area contributed by atoms with Gasteiger partial charge in [0.1, 0.15) is 21.4 Å². The summed E-state index contributed by atoms with van der Waals surface area (Å²) in [5.41, 5.74) is 3.16. The largest absolute Gasteiger partial charge is 2.00 e. The summed E-state index contributed by atoms with van der Waals surface area (Å²) < 4.78 is 36.1. The van der Waals surface area contributed by atoms with E-state index in [1.54, 1.807) is 42.5 Å². The Morgan fingerprint density at radius 3 is 2.40 bits per heavy atom. The molecule has 0 bridgehead atoms. The molecule has 1 aliphatic heterocycles. The van der Waals surface area contributed by atoms with E-state index in [0.29, 0.717) is 17.0 Å². The fraction of sp³-hybridized carbons (Fsp3) is 0.167. The number of rotatable bonds is 4. The zero-order valence-corrected chi connectivity index (χ0v) is 19.2. The van der Waals surface area contributed by atoms with Gasteiger partial charge in [-0.25, -0.2) is 8.42 Å². The van der Waals surface area contributed by atoms with E-state index in [4.69, 9.17) is 4.74 Å². The number of nitrogens with zero attached hydrogens (tertiary/aromatic N) is 1. The van der Waals surface area contributed by atoms with Crippen LogP contribution in [0.25, 0.3) is 21.9 Å². The van der Waals surface area contributed by atoms with Gasteiger partial charge < -0.3 is 9.46 Å². The van der Waals surface area contributed by atoms with Crippen molar-refractivity contribution in [1.82, 2.24) is 0 Å². The van der Waals surface area contributed by atoms with E-state index in [2.05, 4.69) is 10.8 Å². The Bertz CT molecular complexity index is 1190. The van der Waals surface area contributed by atoms with Crippen molar-refractivity contribution in [3.63, 3.8) is 0 Å². The van der Waals surface area contributed by atoms with E-state index < -0.39 is 15.6 Å². The molecule has 0 amide bonds. The van der Waals surface area contributed by atoms with Crippen molar-refractivity contribution < 1.29 is 33.6 Å². The Kier molecular flexibility index (Phi) is 6.24. The fourth-order valence-corrected chi connectivity index (χ4v) is 4.24. The Balaban J connectivity index is 0.00000256. The Morgan fingerprint density at radius 2 is 1.73 bits per heavy atom. The molecule has 0 radical (unpaired) electrons. The van der Waals surface area contributed by atoms with Gasteiger partial charge in [-0.1, -0.05) is 29.8 Å². The number of aryl methyl sites for hydroxylation is 1. The minimum Gasteiger partial charge on any atom is -0.580 e. The molecule has 0 aliphatic carbocycles. The summed E-state index contributed by atoms with van der Waals surface area (Å²) in [6.07, 6.45) is 3.92. The zero-order chi connectivity index (χ0) is 20.6. The number of ether oxygens (including phenoxy) is 1. The van der Waals surface area contributed by atoms with Gasteiger partial charge in [0, 0.05) is 0 Å². The topological polar surface area (TPSA) is 57.5 Å². The average Bonchev–Trinajstić information content (AvgIpc) is 2.68. The van der Waals surface area contributed by atoms with Gasteiger partial charge in [-0.15, -0.1) is 41.5 Å². The molecule has 0 spiro atoms. The minimum atomic E-state index is -3.86. The van der Waals surface area contributed by atoms with E-state index in [1.807, 2.05) is 51.1 Å². The van der Waals surface area contributed by atoms with Crippen LogP contribution in [0, 0.1) is 13.0 Å². The third-order valence-corrected chi connectivity index (χ3v) is 6.03. The molecule has 0 saturated carbocycles. The monoisotopic (exact) mass is 509 g/mol. The second-order valence-electron chi connectivity index (χ2n) is 7.57. The van der Waals surface area contributed by atoms with Crippen molar-refractivity contribution in [3.05, 3.63) is 88.7 Å². The molecule has 0 atom stereocenters. The summed E-state index contributed by atoms with van der Waals surface area (Å²) in [7, 11) is -3.86. The second-order valence-corrected chi connectivity index (χ2v) is 9.17. The first-order valence-electron chi connectivity index (χ1n) is 9.32. The smallest absolute Gasteiger partial charge is 0.580 e. The molecule has 3 aromatic carbocycles.